The Kier molecular flexibility index (Phi) is 5.35. The highest BCUT2D eigenvalue weighted by molar-refractivity contribution is 7.88. The molecule has 2 N–H and O–H groups in total. The smallest absolute Gasteiger partial charge is 0.211 e. The number of nitrogens with zero attached hydrogens (tertiary/aromatic N) is 4. The van der Waals surface area contributed by atoms with E-state index in [9.17, 15) is 8.42 Å². The molecule has 2 atom stereocenters. The van der Waals surface area contributed by atoms with Crippen LogP contribution < -0.4 is 10.5 Å². The summed E-state index contributed by atoms with van der Waals surface area (Å²) in [4.78, 5) is 4.17. The van der Waals surface area contributed by atoms with E-state index >= 15 is 4.39 Å². The van der Waals surface area contributed by atoms with E-state index in [-0.39, 0.29) is 29.4 Å². The zero-order valence-corrected chi connectivity index (χ0v) is 19.1. The average molecular weight is 468 g/mol. The fourth-order valence-corrected chi connectivity index (χ4v) is 5.09. The molecule has 0 aliphatic carbocycles. The first-order chi connectivity index (χ1) is 14.5. The zero-order valence-electron chi connectivity index (χ0n) is 17.6. The molecule has 0 saturated carbocycles. The van der Waals surface area contributed by atoms with Gasteiger partial charge in [0.05, 0.1) is 53.2 Å². The molecule has 4 rings (SSSR count). The molecule has 0 saturated heterocycles. The molecule has 3 aromatic rings. The summed E-state index contributed by atoms with van der Waals surface area (Å²) in [7, 11) is -3.57. The van der Waals surface area contributed by atoms with Crippen LogP contribution >= 0.6 is 11.6 Å². The van der Waals surface area contributed by atoms with Crippen molar-refractivity contribution in [1.29, 1.82) is 0 Å². The summed E-state index contributed by atoms with van der Waals surface area (Å²) in [6.07, 6.45) is 3.83. The lowest BCUT2D eigenvalue weighted by Crippen LogP contribution is -2.35. The molecule has 0 radical (unpaired) electrons. The summed E-state index contributed by atoms with van der Waals surface area (Å²) in [6, 6.07) is 1.09. The van der Waals surface area contributed by atoms with Crippen molar-refractivity contribution in [3.05, 3.63) is 46.1 Å². The number of pyridine rings is 1. The number of aromatic nitrogens is 3. The number of benzene rings is 1. The highest BCUT2D eigenvalue weighted by atomic mass is 35.5. The number of nitrogens with two attached hydrogens (primary N) is 1. The first-order valence-corrected chi connectivity index (χ1v) is 11.9. The fraction of sp³-hybridized carbons (Fsp3) is 0.400. The van der Waals surface area contributed by atoms with Crippen molar-refractivity contribution in [1.82, 2.24) is 19.1 Å². The number of anilines is 1. The molecule has 8 nitrogen and oxygen atoms in total. The van der Waals surface area contributed by atoms with Gasteiger partial charge in [-0.1, -0.05) is 11.6 Å². The summed E-state index contributed by atoms with van der Waals surface area (Å²) >= 11 is 6.22. The van der Waals surface area contributed by atoms with Crippen LogP contribution in [0.1, 0.15) is 36.7 Å². The normalized spacial score (nSPS) is 18.5. The second-order valence-electron chi connectivity index (χ2n) is 7.88. The predicted octanol–water partition coefficient (Wildman–Crippen LogP) is 3.27. The third-order valence-electron chi connectivity index (χ3n) is 5.51. The number of nitrogen functional groups attached to an aromatic ring is 1. The van der Waals surface area contributed by atoms with E-state index < -0.39 is 28.0 Å². The molecule has 2 unspecified atom stereocenters. The van der Waals surface area contributed by atoms with E-state index in [1.807, 2.05) is 13.8 Å². The summed E-state index contributed by atoms with van der Waals surface area (Å²) < 4.78 is 48.4. The van der Waals surface area contributed by atoms with Crippen LogP contribution in [-0.4, -0.2) is 46.4 Å². The van der Waals surface area contributed by atoms with Crippen LogP contribution in [-0.2, 0) is 16.6 Å². The van der Waals surface area contributed by atoms with Crippen LogP contribution in [0.5, 0.6) is 5.75 Å². The minimum absolute atomic E-state index is 0.0999. The second-order valence-corrected chi connectivity index (χ2v) is 10.3. The van der Waals surface area contributed by atoms with Crippen LogP contribution in [0, 0.1) is 12.7 Å². The Hall–Kier alpha value is -2.43. The van der Waals surface area contributed by atoms with Crippen molar-refractivity contribution < 1.29 is 17.5 Å². The number of hydrogen-bond acceptors (Lipinski definition) is 6. The maximum Gasteiger partial charge on any atom is 0.211 e. The first-order valence-electron chi connectivity index (χ1n) is 9.69. The van der Waals surface area contributed by atoms with Gasteiger partial charge in [-0.2, -0.15) is 9.40 Å². The van der Waals surface area contributed by atoms with Crippen LogP contribution in [0.25, 0.3) is 10.9 Å². The van der Waals surface area contributed by atoms with Gasteiger partial charge in [0, 0.05) is 23.1 Å². The van der Waals surface area contributed by atoms with Gasteiger partial charge < -0.3 is 10.5 Å². The zero-order chi connectivity index (χ0) is 22.7. The van der Waals surface area contributed by atoms with Gasteiger partial charge in [-0.25, -0.2) is 12.8 Å². The lowest BCUT2D eigenvalue weighted by atomic mass is 10.0. The third-order valence-corrected chi connectivity index (χ3v) is 7.01. The summed E-state index contributed by atoms with van der Waals surface area (Å²) in [5.41, 5.74) is 8.75. The van der Waals surface area contributed by atoms with Crippen molar-refractivity contribution in [2.24, 2.45) is 0 Å². The predicted molar refractivity (Wildman–Crippen MR) is 117 cm³/mol. The molecular weight excluding hydrogens is 445 g/mol. The van der Waals surface area contributed by atoms with Gasteiger partial charge >= 0.3 is 0 Å². The van der Waals surface area contributed by atoms with Gasteiger partial charge in [-0.3, -0.25) is 9.67 Å². The fourth-order valence-electron chi connectivity index (χ4n) is 4.02. The Morgan fingerprint density at radius 1 is 1.39 bits per heavy atom. The quantitative estimate of drug-likeness (QED) is 0.634. The topological polar surface area (TPSA) is 103 Å². The number of fused-ring (bicyclic) bond motifs is 2. The van der Waals surface area contributed by atoms with E-state index in [0.29, 0.717) is 11.3 Å². The van der Waals surface area contributed by atoms with Crippen molar-refractivity contribution in [3.63, 3.8) is 0 Å². The van der Waals surface area contributed by atoms with Gasteiger partial charge in [0.15, 0.2) is 0 Å². The monoisotopic (exact) mass is 467 g/mol. The maximum absolute atomic E-state index is 15.0. The summed E-state index contributed by atoms with van der Waals surface area (Å²) in [5.74, 6) is -0.408. The minimum atomic E-state index is -3.57. The molecule has 1 aliphatic rings. The van der Waals surface area contributed by atoms with E-state index in [2.05, 4.69) is 10.1 Å². The van der Waals surface area contributed by atoms with E-state index in [1.165, 1.54) is 10.4 Å². The molecule has 0 spiro atoms. The molecule has 3 heterocycles. The number of hydrogen-bond donors (Lipinski definition) is 1. The number of aryl methyl sites for hydroxylation is 1. The lowest BCUT2D eigenvalue weighted by Gasteiger charge is -2.22. The molecule has 11 heteroatoms. The Bertz CT molecular complexity index is 1290. The summed E-state index contributed by atoms with van der Waals surface area (Å²) in [6.45, 7) is 5.40. The molecule has 31 heavy (non-hydrogen) atoms. The Morgan fingerprint density at radius 2 is 2.10 bits per heavy atom. The molecule has 1 aromatic carbocycles. The highest BCUT2D eigenvalue weighted by Gasteiger charge is 2.32. The van der Waals surface area contributed by atoms with Crippen LogP contribution in [0.4, 0.5) is 10.1 Å². The number of ether oxygens (including phenoxy) is 1. The Balaban J connectivity index is 1.92. The molecule has 166 valence electrons. The standard InChI is InChI=1S/C20H23ClFN5O3S/c1-10-8-26(31(4,28)29)9-14-19(22)15(21)5-13(20(14)30-10)12(3)27-17-7-24-6-16(23)18(17)11(2)25-27/h5-7,10,12H,8-9,23H2,1-4H3. The van der Waals surface area contributed by atoms with Crippen molar-refractivity contribution in [2.45, 2.75) is 39.5 Å². The van der Waals surface area contributed by atoms with Gasteiger partial charge in [0.25, 0.3) is 0 Å². The van der Waals surface area contributed by atoms with Crippen LogP contribution in [0.2, 0.25) is 5.02 Å². The molecule has 0 fully saturated rings. The number of rotatable bonds is 3. The summed E-state index contributed by atoms with van der Waals surface area (Å²) in [5, 5.41) is 5.30. The number of sulfonamides is 1. The average Bonchev–Trinajstić information content (AvgIpc) is 2.91. The maximum atomic E-state index is 15.0. The van der Waals surface area contributed by atoms with Crippen LogP contribution in [0.3, 0.4) is 0 Å². The van der Waals surface area contributed by atoms with E-state index in [1.54, 1.807) is 24.0 Å². The molecule has 1 aliphatic heterocycles. The van der Waals surface area contributed by atoms with E-state index in [4.69, 9.17) is 22.1 Å². The largest absolute Gasteiger partial charge is 0.489 e. The Morgan fingerprint density at radius 3 is 2.77 bits per heavy atom. The molecular formula is C20H23ClFN5O3S. The third kappa shape index (κ3) is 3.72. The van der Waals surface area contributed by atoms with Crippen molar-refractivity contribution in [3.8, 4) is 5.75 Å². The van der Waals surface area contributed by atoms with Gasteiger partial charge in [0.1, 0.15) is 17.7 Å². The van der Waals surface area contributed by atoms with E-state index in [0.717, 1.165) is 22.9 Å². The minimum Gasteiger partial charge on any atom is -0.489 e. The Labute approximate surface area is 184 Å². The second kappa shape index (κ2) is 7.61. The lowest BCUT2D eigenvalue weighted by molar-refractivity contribution is 0.199. The van der Waals surface area contributed by atoms with Gasteiger partial charge in [-0.05, 0) is 26.8 Å². The van der Waals surface area contributed by atoms with Crippen molar-refractivity contribution in [2.75, 3.05) is 18.5 Å². The number of halogens is 2. The molecule has 0 bridgehead atoms. The SMILES string of the molecule is Cc1nn(C(C)c2cc(Cl)c(F)c3c2OC(C)CN(S(C)(=O)=O)C3)c2cncc(N)c12. The van der Waals surface area contributed by atoms with Crippen molar-refractivity contribution >= 4 is 38.2 Å². The highest BCUT2D eigenvalue weighted by Crippen LogP contribution is 2.40. The van der Waals surface area contributed by atoms with Gasteiger partial charge in [-0.15, -0.1) is 0 Å². The molecule has 0 amide bonds. The van der Waals surface area contributed by atoms with Gasteiger partial charge in [0.2, 0.25) is 10.0 Å². The first kappa shape index (κ1) is 21.8. The molecule has 2 aromatic heterocycles. The van der Waals surface area contributed by atoms with Crippen LogP contribution in [0.15, 0.2) is 18.5 Å².